The van der Waals surface area contributed by atoms with Crippen LogP contribution in [0.2, 0.25) is 0 Å². The van der Waals surface area contributed by atoms with Gasteiger partial charge in [0, 0.05) is 6.61 Å². The van der Waals surface area contributed by atoms with Crippen molar-refractivity contribution in [3.05, 3.63) is 23.8 Å². The lowest BCUT2D eigenvalue weighted by Gasteiger charge is -2.11. The van der Waals surface area contributed by atoms with E-state index >= 15 is 0 Å². The summed E-state index contributed by atoms with van der Waals surface area (Å²) >= 11 is 0. The topological polar surface area (TPSA) is 52.3 Å². The van der Waals surface area contributed by atoms with Crippen molar-refractivity contribution in [2.45, 2.75) is 26.2 Å². The molecule has 0 spiro atoms. The van der Waals surface area contributed by atoms with Gasteiger partial charge in [0.2, 0.25) is 0 Å². The van der Waals surface area contributed by atoms with Gasteiger partial charge in [0.25, 0.3) is 0 Å². The van der Waals surface area contributed by atoms with Gasteiger partial charge in [0.1, 0.15) is 6.61 Å². The Labute approximate surface area is 97.3 Å². The number of nitrogens with two attached hydrogens (primary N) is 1. The second-order valence-electron chi connectivity index (χ2n) is 4.25. The summed E-state index contributed by atoms with van der Waals surface area (Å²) in [6.07, 6.45) is 9.85. The first kappa shape index (κ1) is 13.1. The predicted octanol–water partition coefficient (Wildman–Crippen LogP) is 1.83. The first-order valence-corrected chi connectivity index (χ1v) is 5.89. The molecular formula is C13H21NO2. The maximum atomic E-state index is 10.8. The van der Waals surface area contributed by atoms with Crippen LogP contribution in [0.25, 0.3) is 0 Å². The minimum atomic E-state index is -0.0365. The molecule has 3 heteroatoms. The van der Waals surface area contributed by atoms with Gasteiger partial charge in [-0.25, -0.2) is 0 Å². The third-order valence-electron chi connectivity index (χ3n) is 2.64. The average molecular weight is 223 g/mol. The van der Waals surface area contributed by atoms with E-state index in [1.54, 1.807) is 0 Å². The highest BCUT2D eigenvalue weighted by molar-refractivity contribution is 5.81. The van der Waals surface area contributed by atoms with Crippen LogP contribution in [0.3, 0.4) is 0 Å². The van der Waals surface area contributed by atoms with Crippen molar-refractivity contribution >= 4 is 5.78 Å². The van der Waals surface area contributed by atoms with E-state index in [-0.39, 0.29) is 18.9 Å². The van der Waals surface area contributed by atoms with E-state index < -0.39 is 0 Å². The molecule has 0 bridgehead atoms. The molecule has 1 aliphatic carbocycles. The third kappa shape index (κ3) is 5.24. The number of carbonyl (C=O) groups is 1. The van der Waals surface area contributed by atoms with Crippen LogP contribution in [0, 0.1) is 5.92 Å². The Hall–Kier alpha value is -0.930. The summed E-state index contributed by atoms with van der Waals surface area (Å²) in [5, 5.41) is 0. The fourth-order valence-electron chi connectivity index (χ4n) is 1.58. The van der Waals surface area contributed by atoms with Gasteiger partial charge in [0.15, 0.2) is 5.78 Å². The quantitative estimate of drug-likeness (QED) is 0.670. The van der Waals surface area contributed by atoms with E-state index in [2.05, 4.69) is 25.2 Å². The largest absolute Gasteiger partial charge is 0.374 e. The number of ether oxygens (including phenoxy) is 1. The van der Waals surface area contributed by atoms with Gasteiger partial charge in [0.05, 0.1) is 6.54 Å². The van der Waals surface area contributed by atoms with E-state index in [1.165, 1.54) is 5.57 Å². The van der Waals surface area contributed by atoms with E-state index in [4.69, 9.17) is 10.5 Å². The molecule has 0 amide bonds. The van der Waals surface area contributed by atoms with Gasteiger partial charge >= 0.3 is 0 Å². The van der Waals surface area contributed by atoms with Crippen LogP contribution in [0.15, 0.2) is 23.8 Å². The highest BCUT2D eigenvalue weighted by Crippen LogP contribution is 2.18. The summed E-state index contributed by atoms with van der Waals surface area (Å²) in [7, 11) is 0. The number of carbonyl (C=O) groups excluding carboxylic acids is 1. The van der Waals surface area contributed by atoms with Crippen LogP contribution in [-0.4, -0.2) is 25.5 Å². The maximum absolute atomic E-state index is 10.8. The highest BCUT2D eigenvalue weighted by Gasteiger charge is 2.03. The minimum Gasteiger partial charge on any atom is -0.374 e. The minimum absolute atomic E-state index is 0.0365. The fourth-order valence-corrected chi connectivity index (χ4v) is 1.58. The van der Waals surface area contributed by atoms with Crippen LogP contribution < -0.4 is 5.73 Å². The number of rotatable bonds is 7. The fraction of sp³-hybridized carbons (Fsp3) is 0.615. The molecule has 0 saturated heterocycles. The molecule has 0 radical (unpaired) electrons. The van der Waals surface area contributed by atoms with Crippen LogP contribution in [0.1, 0.15) is 26.2 Å². The summed E-state index contributed by atoms with van der Waals surface area (Å²) in [6, 6.07) is 0. The van der Waals surface area contributed by atoms with Crippen molar-refractivity contribution in [1.82, 2.24) is 0 Å². The van der Waals surface area contributed by atoms with Crippen molar-refractivity contribution in [2.75, 3.05) is 19.8 Å². The molecule has 0 aromatic heterocycles. The molecule has 90 valence electrons. The molecule has 1 atom stereocenters. The number of allylic oxidation sites excluding steroid dienone is 4. The first-order chi connectivity index (χ1) is 7.72. The van der Waals surface area contributed by atoms with Gasteiger partial charge in [-0.2, -0.15) is 0 Å². The van der Waals surface area contributed by atoms with Crippen LogP contribution in [0.5, 0.6) is 0 Å². The van der Waals surface area contributed by atoms with Gasteiger partial charge < -0.3 is 10.5 Å². The van der Waals surface area contributed by atoms with Gasteiger partial charge in [-0.15, -0.1) is 0 Å². The maximum Gasteiger partial charge on any atom is 0.171 e. The van der Waals surface area contributed by atoms with Crippen LogP contribution in [0.4, 0.5) is 0 Å². The van der Waals surface area contributed by atoms with Crippen LogP contribution in [-0.2, 0) is 9.53 Å². The molecule has 0 fully saturated rings. The SMILES string of the molecule is CC1C=CC(CCCOCC(=O)CN)=CC1. The number of Topliss-reactive ketones (excluding diaryl/α,β-unsaturated/α-hetero) is 1. The van der Waals surface area contributed by atoms with Crippen molar-refractivity contribution in [3.8, 4) is 0 Å². The summed E-state index contributed by atoms with van der Waals surface area (Å²) in [4.78, 5) is 10.8. The Morgan fingerprint density at radius 1 is 1.62 bits per heavy atom. The molecule has 0 saturated carbocycles. The van der Waals surface area contributed by atoms with E-state index in [1.807, 2.05) is 0 Å². The summed E-state index contributed by atoms with van der Waals surface area (Å²) < 4.78 is 5.22. The molecule has 1 rings (SSSR count). The highest BCUT2D eigenvalue weighted by atomic mass is 16.5. The molecular weight excluding hydrogens is 202 g/mol. The zero-order valence-corrected chi connectivity index (χ0v) is 9.95. The van der Waals surface area contributed by atoms with E-state index in [0.29, 0.717) is 12.5 Å². The molecule has 0 heterocycles. The molecule has 0 aromatic carbocycles. The lowest BCUT2D eigenvalue weighted by Crippen LogP contribution is -2.19. The van der Waals surface area contributed by atoms with Crippen LogP contribution >= 0.6 is 0 Å². The van der Waals surface area contributed by atoms with E-state index in [0.717, 1.165) is 19.3 Å². The summed E-state index contributed by atoms with van der Waals surface area (Å²) in [6.45, 7) is 3.08. The van der Waals surface area contributed by atoms with Gasteiger partial charge in [-0.3, -0.25) is 4.79 Å². The first-order valence-electron chi connectivity index (χ1n) is 5.89. The summed E-state index contributed by atoms with van der Waals surface area (Å²) in [5.41, 5.74) is 6.55. The van der Waals surface area contributed by atoms with Crippen molar-refractivity contribution in [1.29, 1.82) is 0 Å². The van der Waals surface area contributed by atoms with Crippen molar-refractivity contribution in [3.63, 3.8) is 0 Å². The molecule has 0 aliphatic heterocycles. The number of hydrogen-bond donors (Lipinski definition) is 1. The van der Waals surface area contributed by atoms with E-state index in [9.17, 15) is 4.79 Å². The van der Waals surface area contributed by atoms with Gasteiger partial charge in [-0.1, -0.05) is 30.7 Å². The van der Waals surface area contributed by atoms with Gasteiger partial charge in [-0.05, 0) is 25.2 Å². The Morgan fingerprint density at radius 2 is 2.44 bits per heavy atom. The standard InChI is InChI=1S/C13H21NO2/c1-11-4-6-12(7-5-11)3-2-8-16-10-13(15)9-14/h4,6-7,11H,2-3,5,8-10,14H2,1H3. The smallest absolute Gasteiger partial charge is 0.171 e. The molecule has 0 aromatic rings. The zero-order chi connectivity index (χ0) is 11.8. The zero-order valence-electron chi connectivity index (χ0n) is 9.95. The number of ketones is 1. The third-order valence-corrected chi connectivity index (χ3v) is 2.64. The molecule has 2 N–H and O–H groups in total. The van der Waals surface area contributed by atoms with Crippen molar-refractivity contribution in [2.24, 2.45) is 11.7 Å². The molecule has 3 nitrogen and oxygen atoms in total. The Balaban J connectivity index is 2.04. The molecule has 1 aliphatic rings. The lowest BCUT2D eigenvalue weighted by molar-refractivity contribution is -0.122. The average Bonchev–Trinajstić information content (AvgIpc) is 2.31. The second-order valence-corrected chi connectivity index (χ2v) is 4.25. The normalized spacial score (nSPS) is 19.6. The second kappa shape index (κ2) is 7.36. The Morgan fingerprint density at radius 3 is 3.06 bits per heavy atom. The Kier molecular flexibility index (Phi) is 6.04. The Bertz CT molecular complexity index is 282. The van der Waals surface area contributed by atoms with Crippen molar-refractivity contribution < 1.29 is 9.53 Å². The predicted molar refractivity (Wildman–Crippen MR) is 65.1 cm³/mol. The molecule has 16 heavy (non-hydrogen) atoms. The lowest BCUT2D eigenvalue weighted by atomic mass is 9.96. The summed E-state index contributed by atoms with van der Waals surface area (Å²) in [5.74, 6) is 0.632. The number of hydrogen-bond acceptors (Lipinski definition) is 3. The molecule has 1 unspecified atom stereocenters. The monoisotopic (exact) mass is 223 g/mol.